The van der Waals surface area contributed by atoms with E-state index in [0.29, 0.717) is 0 Å². The molecule has 1 aliphatic heterocycles. The molecule has 1 heterocycles. The maximum absolute atomic E-state index is 3.56. The van der Waals surface area contributed by atoms with Crippen molar-refractivity contribution in [3.05, 3.63) is 0 Å². The summed E-state index contributed by atoms with van der Waals surface area (Å²) in [5.41, 5.74) is 0.264. The highest BCUT2D eigenvalue weighted by atomic mass is 15.1. The molecule has 1 aliphatic rings. The summed E-state index contributed by atoms with van der Waals surface area (Å²) in [4.78, 5) is 4.99. The molecule has 114 valence electrons. The Hall–Kier alpha value is -0.120. The van der Waals surface area contributed by atoms with Gasteiger partial charge >= 0.3 is 0 Å². The minimum atomic E-state index is 0.264. The van der Waals surface area contributed by atoms with E-state index >= 15 is 0 Å². The predicted octanol–water partition coefficient (Wildman–Crippen LogP) is 2.43. The first kappa shape index (κ1) is 16.9. The molecular formula is C16H35N3. The van der Waals surface area contributed by atoms with Crippen molar-refractivity contribution in [1.29, 1.82) is 0 Å². The first-order valence-electron chi connectivity index (χ1n) is 7.99. The second-order valence-electron chi connectivity index (χ2n) is 7.39. The highest BCUT2D eigenvalue weighted by molar-refractivity contribution is 4.73. The van der Waals surface area contributed by atoms with E-state index in [4.69, 9.17) is 0 Å². The van der Waals surface area contributed by atoms with Crippen molar-refractivity contribution in [2.75, 3.05) is 46.8 Å². The fourth-order valence-electron chi connectivity index (χ4n) is 2.75. The molecule has 0 saturated carbocycles. The second-order valence-corrected chi connectivity index (χ2v) is 7.39. The number of hydrogen-bond acceptors (Lipinski definition) is 3. The van der Waals surface area contributed by atoms with Gasteiger partial charge in [0, 0.05) is 12.1 Å². The van der Waals surface area contributed by atoms with Gasteiger partial charge in [-0.2, -0.15) is 0 Å². The molecule has 0 radical (unpaired) electrons. The minimum absolute atomic E-state index is 0.264. The zero-order chi connectivity index (χ0) is 14.3. The number of nitrogens with one attached hydrogen (secondary N) is 1. The molecule has 1 saturated heterocycles. The van der Waals surface area contributed by atoms with Gasteiger partial charge in [-0.15, -0.1) is 0 Å². The smallest absolute Gasteiger partial charge is 0.00965 e. The van der Waals surface area contributed by atoms with E-state index in [9.17, 15) is 0 Å². The Morgan fingerprint density at radius 2 is 1.79 bits per heavy atom. The van der Waals surface area contributed by atoms with Gasteiger partial charge < -0.3 is 15.1 Å². The van der Waals surface area contributed by atoms with E-state index in [0.717, 1.165) is 12.5 Å². The summed E-state index contributed by atoms with van der Waals surface area (Å²) >= 11 is 0. The monoisotopic (exact) mass is 269 g/mol. The van der Waals surface area contributed by atoms with Gasteiger partial charge in [-0.3, -0.25) is 0 Å². The van der Waals surface area contributed by atoms with Crippen molar-refractivity contribution < 1.29 is 0 Å². The van der Waals surface area contributed by atoms with Crippen molar-refractivity contribution in [1.82, 2.24) is 15.1 Å². The fraction of sp³-hybridized carbons (Fsp3) is 1.00. The van der Waals surface area contributed by atoms with E-state index in [1.807, 2.05) is 0 Å². The van der Waals surface area contributed by atoms with Crippen LogP contribution in [0.4, 0.5) is 0 Å². The zero-order valence-corrected chi connectivity index (χ0v) is 13.8. The highest BCUT2D eigenvalue weighted by Crippen LogP contribution is 2.16. The molecule has 1 fully saturated rings. The Bertz CT molecular complexity index is 227. The molecule has 0 aromatic carbocycles. The first-order valence-corrected chi connectivity index (χ1v) is 7.99. The normalized spacial score (nSPS) is 19.3. The molecular weight excluding hydrogens is 234 g/mol. The number of likely N-dealkylation sites (tertiary alicyclic amines) is 1. The Morgan fingerprint density at radius 1 is 1.16 bits per heavy atom. The molecule has 3 heteroatoms. The molecule has 0 aromatic rings. The molecule has 3 nitrogen and oxygen atoms in total. The SMILES string of the molecule is CN1CCC(CN(C)CCCCNC(C)(C)C)CC1. The number of piperidine rings is 1. The van der Waals surface area contributed by atoms with Crippen molar-refractivity contribution in [3.8, 4) is 0 Å². The third-order valence-electron chi connectivity index (χ3n) is 4.03. The van der Waals surface area contributed by atoms with Gasteiger partial charge in [-0.1, -0.05) is 0 Å². The van der Waals surface area contributed by atoms with E-state index in [-0.39, 0.29) is 5.54 Å². The quantitative estimate of drug-likeness (QED) is 0.716. The molecule has 0 amide bonds. The third-order valence-corrected chi connectivity index (χ3v) is 4.03. The Morgan fingerprint density at radius 3 is 2.37 bits per heavy atom. The van der Waals surface area contributed by atoms with Crippen LogP contribution in [-0.2, 0) is 0 Å². The molecule has 0 unspecified atom stereocenters. The maximum Gasteiger partial charge on any atom is 0.00965 e. The number of nitrogens with zero attached hydrogens (tertiary/aromatic N) is 2. The van der Waals surface area contributed by atoms with Gasteiger partial charge in [0.05, 0.1) is 0 Å². The van der Waals surface area contributed by atoms with Crippen LogP contribution in [0, 0.1) is 5.92 Å². The van der Waals surface area contributed by atoms with Crippen molar-refractivity contribution in [3.63, 3.8) is 0 Å². The van der Waals surface area contributed by atoms with Crippen LogP contribution in [0.1, 0.15) is 46.5 Å². The summed E-state index contributed by atoms with van der Waals surface area (Å²) in [6.45, 7) is 13.0. The van der Waals surface area contributed by atoms with Crippen LogP contribution >= 0.6 is 0 Å². The number of hydrogen-bond donors (Lipinski definition) is 1. The van der Waals surface area contributed by atoms with Crippen molar-refractivity contribution >= 4 is 0 Å². The zero-order valence-electron chi connectivity index (χ0n) is 13.8. The van der Waals surface area contributed by atoms with Crippen LogP contribution < -0.4 is 5.32 Å². The molecule has 0 aliphatic carbocycles. The van der Waals surface area contributed by atoms with Gasteiger partial charge in [-0.05, 0) is 92.6 Å². The van der Waals surface area contributed by atoms with Gasteiger partial charge in [0.25, 0.3) is 0 Å². The van der Waals surface area contributed by atoms with Gasteiger partial charge in [-0.25, -0.2) is 0 Å². The molecule has 1 N–H and O–H groups in total. The Labute approximate surface area is 120 Å². The van der Waals surface area contributed by atoms with Crippen LogP contribution in [0.25, 0.3) is 0 Å². The summed E-state index contributed by atoms with van der Waals surface area (Å²) in [6, 6.07) is 0. The molecule has 1 rings (SSSR count). The Balaban J connectivity index is 2.00. The van der Waals surface area contributed by atoms with Crippen LogP contribution in [-0.4, -0.2) is 62.2 Å². The lowest BCUT2D eigenvalue weighted by Gasteiger charge is -2.31. The lowest BCUT2D eigenvalue weighted by Crippen LogP contribution is -2.37. The van der Waals surface area contributed by atoms with E-state index in [2.05, 4.69) is 50.0 Å². The van der Waals surface area contributed by atoms with Gasteiger partial charge in [0.1, 0.15) is 0 Å². The second kappa shape index (κ2) is 8.23. The van der Waals surface area contributed by atoms with E-state index in [1.165, 1.54) is 51.9 Å². The first-order chi connectivity index (χ1) is 8.87. The average molecular weight is 269 g/mol. The van der Waals surface area contributed by atoms with E-state index < -0.39 is 0 Å². The average Bonchev–Trinajstić information content (AvgIpc) is 2.30. The predicted molar refractivity (Wildman–Crippen MR) is 84.7 cm³/mol. The lowest BCUT2D eigenvalue weighted by molar-refractivity contribution is 0.175. The molecule has 0 atom stereocenters. The van der Waals surface area contributed by atoms with Gasteiger partial charge in [0.15, 0.2) is 0 Å². The van der Waals surface area contributed by atoms with E-state index in [1.54, 1.807) is 0 Å². The standard InChI is InChI=1S/C16H35N3/c1-16(2,3)17-10-6-7-11-19(5)14-15-8-12-18(4)13-9-15/h15,17H,6-14H2,1-5H3. The van der Waals surface area contributed by atoms with Crippen LogP contribution in [0.5, 0.6) is 0 Å². The molecule has 0 spiro atoms. The number of rotatable bonds is 7. The highest BCUT2D eigenvalue weighted by Gasteiger charge is 2.17. The minimum Gasteiger partial charge on any atom is -0.312 e. The van der Waals surface area contributed by atoms with Gasteiger partial charge in [0.2, 0.25) is 0 Å². The van der Waals surface area contributed by atoms with Crippen LogP contribution in [0.3, 0.4) is 0 Å². The summed E-state index contributed by atoms with van der Waals surface area (Å²) < 4.78 is 0. The topological polar surface area (TPSA) is 18.5 Å². The van der Waals surface area contributed by atoms with Crippen LogP contribution in [0.15, 0.2) is 0 Å². The molecule has 19 heavy (non-hydrogen) atoms. The third kappa shape index (κ3) is 8.61. The van der Waals surface area contributed by atoms with Crippen molar-refractivity contribution in [2.24, 2.45) is 5.92 Å². The molecule has 0 aromatic heterocycles. The summed E-state index contributed by atoms with van der Waals surface area (Å²) in [6.07, 6.45) is 5.36. The summed E-state index contributed by atoms with van der Waals surface area (Å²) in [7, 11) is 4.53. The lowest BCUT2D eigenvalue weighted by atomic mass is 9.96. The Kier molecular flexibility index (Phi) is 7.33. The van der Waals surface area contributed by atoms with Crippen molar-refractivity contribution in [2.45, 2.75) is 52.0 Å². The fourth-order valence-corrected chi connectivity index (χ4v) is 2.75. The van der Waals surface area contributed by atoms with Crippen LogP contribution in [0.2, 0.25) is 0 Å². The maximum atomic E-state index is 3.56. The molecule has 0 bridgehead atoms. The largest absolute Gasteiger partial charge is 0.312 e. The number of unbranched alkanes of at least 4 members (excludes halogenated alkanes) is 1. The summed E-state index contributed by atoms with van der Waals surface area (Å²) in [5, 5.41) is 3.56. The summed E-state index contributed by atoms with van der Waals surface area (Å²) in [5.74, 6) is 0.925.